The Hall–Kier alpha value is -2.06. The fourth-order valence-corrected chi connectivity index (χ4v) is 4.34. The van der Waals surface area contributed by atoms with Crippen molar-refractivity contribution in [2.45, 2.75) is 32.9 Å². The maximum atomic E-state index is 12.3. The van der Waals surface area contributed by atoms with Crippen LogP contribution in [0.15, 0.2) is 28.9 Å². The van der Waals surface area contributed by atoms with Crippen LogP contribution in [0.5, 0.6) is 0 Å². The molecular formula is C16H20N6OS. The Bertz CT molecular complexity index is 884. The summed E-state index contributed by atoms with van der Waals surface area (Å²) < 4.78 is 3.58. The van der Waals surface area contributed by atoms with Crippen LogP contribution < -0.4 is 5.56 Å². The van der Waals surface area contributed by atoms with Crippen LogP contribution >= 0.6 is 11.3 Å². The predicted molar refractivity (Wildman–Crippen MR) is 92.1 cm³/mol. The van der Waals surface area contributed by atoms with Gasteiger partial charge in [-0.25, -0.2) is 9.97 Å². The van der Waals surface area contributed by atoms with Crippen molar-refractivity contribution in [1.82, 2.24) is 29.0 Å². The summed E-state index contributed by atoms with van der Waals surface area (Å²) >= 11 is 1.52. The van der Waals surface area contributed by atoms with E-state index in [0.717, 1.165) is 42.5 Å². The average molecular weight is 344 g/mol. The van der Waals surface area contributed by atoms with Gasteiger partial charge in [0.15, 0.2) is 4.96 Å². The Labute approximate surface area is 143 Å². The third-order valence-corrected chi connectivity index (χ3v) is 5.47. The molecule has 126 valence electrons. The van der Waals surface area contributed by atoms with E-state index in [1.165, 1.54) is 24.2 Å². The molecule has 3 aromatic heterocycles. The van der Waals surface area contributed by atoms with Gasteiger partial charge >= 0.3 is 0 Å². The number of likely N-dealkylation sites (tertiary alicyclic amines) is 1. The number of aryl methyl sites for hydroxylation is 1. The molecule has 0 N–H and O–H groups in total. The van der Waals surface area contributed by atoms with Crippen LogP contribution in [0.25, 0.3) is 4.96 Å². The lowest BCUT2D eigenvalue weighted by Gasteiger charge is -2.32. The Balaban J connectivity index is 1.47. The first-order valence-electron chi connectivity index (χ1n) is 8.20. The van der Waals surface area contributed by atoms with E-state index in [2.05, 4.69) is 20.0 Å². The number of nitrogens with zero attached hydrogens (tertiary/aromatic N) is 6. The van der Waals surface area contributed by atoms with Crippen LogP contribution in [0.3, 0.4) is 0 Å². The molecule has 1 aliphatic heterocycles. The number of hydrogen-bond acceptors (Lipinski definition) is 6. The highest BCUT2D eigenvalue weighted by atomic mass is 32.1. The zero-order valence-electron chi connectivity index (χ0n) is 13.6. The summed E-state index contributed by atoms with van der Waals surface area (Å²) in [6, 6.07) is 1.67. The fourth-order valence-electron chi connectivity index (χ4n) is 3.45. The highest BCUT2D eigenvalue weighted by Gasteiger charge is 2.21. The normalized spacial score (nSPS) is 19.1. The third-order valence-electron chi connectivity index (χ3n) is 4.53. The molecule has 0 amide bonds. The molecule has 1 fully saturated rings. The van der Waals surface area contributed by atoms with Crippen molar-refractivity contribution in [2.24, 2.45) is 5.92 Å². The Morgan fingerprint density at radius 1 is 1.42 bits per heavy atom. The molecule has 1 saturated heterocycles. The van der Waals surface area contributed by atoms with Crippen molar-refractivity contribution in [3.05, 3.63) is 45.8 Å². The highest BCUT2D eigenvalue weighted by molar-refractivity contribution is 7.15. The zero-order valence-corrected chi connectivity index (χ0v) is 14.4. The molecule has 4 heterocycles. The lowest BCUT2D eigenvalue weighted by molar-refractivity contribution is 0.152. The van der Waals surface area contributed by atoms with Crippen LogP contribution in [0.1, 0.15) is 24.2 Å². The predicted octanol–water partition coefficient (Wildman–Crippen LogP) is 1.57. The van der Waals surface area contributed by atoms with E-state index in [1.807, 2.05) is 17.0 Å². The minimum absolute atomic E-state index is 0.0184. The molecule has 0 spiro atoms. The molecule has 24 heavy (non-hydrogen) atoms. The molecule has 0 aliphatic carbocycles. The number of piperidine rings is 1. The van der Waals surface area contributed by atoms with Crippen LogP contribution in [0, 0.1) is 12.8 Å². The molecule has 0 bridgehead atoms. The van der Waals surface area contributed by atoms with Gasteiger partial charge in [0.05, 0.1) is 5.69 Å². The summed E-state index contributed by atoms with van der Waals surface area (Å²) in [5.41, 5.74) is 1.83. The number of rotatable bonds is 4. The van der Waals surface area contributed by atoms with Gasteiger partial charge in [0.2, 0.25) is 0 Å². The number of aromatic nitrogens is 5. The first kappa shape index (κ1) is 15.5. The van der Waals surface area contributed by atoms with Gasteiger partial charge in [-0.2, -0.15) is 5.10 Å². The van der Waals surface area contributed by atoms with Crippen LogP contribution in [-0.4, -0.2) is 42.1 Å². The maximum absolute atomic E-state index is 12.3. The van der Waals surface area contributed by atoms with E-state index in [-0.39, 0.29) is 5.56 Å². The Morgan fingerprint density at radius 3 is 3.17 bits per heavy atom. The second kappa shape index (κ2) is 6.45. The molecule has 1 atom stereocenters. The highest BCUT2D eigenvalue weighted by Crippen LogP contribution is 2.20. The standard InChI is InChI=1S/C16H20N6OS/c1-12-9-24-16-19-14(5-15(23)22(12)16)8-20-4-2-3-13(6-20)7-21-11-17-10-18-21/h5,9-11,13H,2-4,6-8H2,1H3. The molecule has 3 aromatic rings. The topological polar surface area (TPSA) is 68.3 Å². The van der Waals surface area contributed by atoms with Crippen molar-refractivity contribution in [3.63, 3.8) is 0 Å². The van der Waals surface area contributed by atoms with Gasteiger partial charge < -0.3 is 0 Å². The average Bonchev–Trinajstić information content (AvgIpc) is 3.18. The number of fused-ring (bicyclic) bond motifs is 1. The van der Waals surface area contributed by atoms with Gasteiger partial charge in [0, 0.05) is 36.8 Å². The van der Waals surface area contributed by atoms with Crippen molar-refractivity contribution in [1.29, 1.82) is 0 Å². The van der Waals surface area contributed by atoms with Crippen LogP contribution in [0.4, 0.5) is 0 Å². The van der Waals surface area contributed by atoms with E-state index in [1.54, 1.807) is 23.1 Å². The van der Waals surface area contributed by atoms with Crippen LogP contribution in [0.2, 0.25) is 0 Å². The molecule has 7 nitrogen and oxygen atoms in total. The SMILES string of the molecule is Cc1csc2nc(CN3CCCC(Cn4cncn4)C3)cc(=O)n12. The van der Waals surface area contributed by atoms with Gasteiger partial charge in [-0.05, 0) is 32.2 Å². The first-order valence-corrected chi connectivity index (χ1v) is 9.08. The Kier molecular flexibility index (Phi) is 4.15. The largest absolute Gasteiger partial charge is 0.297 e. The minimum Gasteiger partial charge on any atom is -0.297 e. The van der Waals surface area contributed by atoms with Crippen LogP contribution in [-0.2, 0) is 13.1 Å². The smallest absolute Gasteiger partial charge is 0.259 e. The lowest BCUT2D eigenvalue weighted by Crippen LogP contribution is -2.37. The van der Waals surface area contributed by atoms with Crippen molar-refractivity contribution < 1.29 is 0 Å². The van der Waals surface area contributed by atoms with E-state index in [4.69, 9.17) is 0 Å². The van der Waals surface area contributed by atoms with Gasteiger partial charge in [-0.1, -0.05) is 0 Å². The minimum atomic E-state index is 0.0184. The third kappa shape index (κ3) is 3.11. The Morgan fingerprint density at radius 2 is 2.33 bits per heavy atom. The molecule has 0 aromatic carbocycles. The monoisotopic (exact) mass is 344 g/mol. The maximum Gasteiger partial charge on any atom is 0.259 e. The van der Waals surface area contributed by atoms with Gasteiger partial charge in [0.1, 0.15) is 12.7 Å². The molecule has 8 heteroatoms. The molecule has 1 unspecified atom stereocenters. The van der Waals surface area contributed by atoms with Crippen molar-refractivity contribution in [3.8, 4) is 0 Å². The molecule has 0 radical (unpaired) electrons. The summed E-state index contributed by atoms with van der Waals surface area (Å²) in [5, 5.41) is 6.17. The van der Waals surface area contributed by atoms with E-state index in [0.29, 0.717) is 5.92 Å². The van der Waals surface area contributed by atoms with E-state index < -0.39 is 0 Å². The molecular weight excluding hydrogens is 324 g/mol. The quantitative estimate of drug-likeness (QED) is 0.719. The first-order chi connectivity index (χ1) is 11.7. The summed E-state index contributed by atoms with van der Waals surface area (Å²) in [5.74, 6) is 0.564. The molecule has 0 saturated carbocycles. The van der Waals surface area contributed by atoms with Crippen molar-refractivity contribution >= 4 is 16.3 Å². The summed E-state index contributed by atoms with van der Waals surface area (Å²) in [6.45, 7) is 5.63. The number of thiazole rings is 1. The lowest BCUT2D eigenvalue weighted by atomic mass is 9.98. The molecule has 4 rings (SSSR count). The second-order valence-electron chi connectivity index (χ2n) is 6.44. The molecule has 1 aliphatic rings. The van der Waals surface area contributed by atoms with Gasteiger partial charge in [-0.3, -0.25) is 18.8 Å². The summed E-state index contributed by atoms with van der Waals surface area (Å²) in [4.78, 5) is 24.1. The summed E-state index contributed by atoms with van der Waals surface area (Å²) in [6.07, 6.45) is 5.72. The zero-order chi connectivity index (χ0) is 16.5. The van der Waals surface area contributed by atoms with Gasteiger partial charge in [-0.15, -0.1) is 11.3 Å². The second-order valence-corrected chi connectivity index (χ2v) is 7.28. The van der Waals surface area contributed by atoms with E-state index >= 15 is 0 Å². The van der Waals surface area contributed by atoms with E-state index in [9.17, 15) is 4.79 Å². The number of hydrogen-bond donors (Lipinski definition) is 0. The van der Waals surface area contributed by atoms with Crippen molar-refractivity contribution in [2.75, 3.05) is 13.1 Å². The fraction of sp³-hybridized carbons (Fsp3) is 0.500. The van der Waals surface area contributed by atoms with Gasteiger partial charge in [0.25, 0.3) is 5.56 Å². The summed E-state index contributed by atoms with van der Waals surface area (Å²) in [7, 11) is 0.